The summed E-state index contributed by atoms with van der Waals surface area (Å²) in [6.45, 7) is 10.8. The number of ether oxygens (including phenoxy) is 1. The number of rotatable bonds is 2. The number of carbonyl (C=O) groups is 1. The number of carbonyl (C=O) groups excluding carboxylic acids is 1. The molecule has 4 nitrogen and oxygen atoms in total. The van der Waals surface area contributed by atoms with Gasteiger partial charge in [-0.1, -0.05) is 30.3 Å². The van der Waals surface area contributed by atoms with Gasteiger partial charge in [0, 0.05) is 31.7 Å². The largest absolute Gasteiger partial charge is 0.444 e. The first-order chi connectivity index (χ1) is 10.8. The third kappa shape index (κ3) is 3.52. The van der Waals surface area contributed by atoms with Crippen LogP contribution in [0.2, 0.25) is 0 Å². The van der Waals surface area contributed by atoms with Crippen molar-refractivity contribution in [2.75, 3.05) is 19.6 Å². The molecule has 2 heterocycles. The van der Waals surface area contributed by atoms with Crippen molar-refractivity contribution >= 4 is 6.09 Å². The molecule has 4 heteroatoms. The Hall–Kier alpha value is -1.55. The molecule has 2 aliphatic rings. The summed E-state index contributed by atoms with van der Waals surface area (Å²) in [6.07, 6.45) is 0.914. The van der Waals surface area contributed by atoms with Crippen molar-refractivity contribution in [3.8, 4) is 0 Å². The van der Waals surface area contributed by atoms with E-state index in [4.69, 9.17) is 4.74 Å². The maximum atomic E-state index is 12.3. The number of fused-ring (bicyclic) bond motifs is 1. The number of benzene rings is 1. The van der Waals surface area contributed by atoms with Gasteiger partial charge in [0.15, 0.2) is 0 Å². The number of hydrogen-bond donors (Lipinski definition) is 0. The van der Waals surface area contributed by atoms with Crippen molar-refractivity contribution in [2.24, 2.45) is 5.92 Å². The van der Waals surface area contributed by atoms with Crippen molar-refractivity contribution in [3.63, 3.8) is 0 Å². The Bertz CT molecular complexity index is 552. The van der Waals surface area contributed by atoms with Crippen LogP contribution < -0.4 is 0 Å². The molecule has 0 bridgehead atoms. The van der Waals surface area contributed by atoms with Gasteiger partial charge in [-0.05, 0) is 45.6 Å². The zero-order valence-corrected chi connectivity index (χ0v) is 14.7. The zero-order valence-electron chi connectivity index (χ0n) is 14.7. The summed E-state index contributed by atoms with van der Waals surface area (Å²) in [6, 6.07) is 11.5. The first kappa shape index (κ1) is 16.3. The van der Waals surface area contributed by atoms with Gasteiger partial charge in [-0.15, -0.1) is 0 Å². The molecule has 2 saturated heterocycles. The molecule has 0 N–H and O–H groups in total. The van der Waals surface area contributed by atoms with Gasteiger partial charge in [0.2, 0.25) is 0 Å². The summed E-state index contributed by atoms with van der Waals surface area (Å²) in [7, 11) is 0. The van der Waals surface area contributed by atoms with Gasteiger partial charge < -0.3 is 9.64 Å². The van der Waals surface area contributed by atoms with Crippen LogP contribution in [0.3, 0.4) is 0 Å². The lowest BCUT2D eigenvalue weighted by atomic mass is 9.80. The average molecular weight is 316 g/mol. The third-order valence-corrected chi connectivity index (χ3v) is 5.02. The molecule has 1 aromatic carbocycles. The lowest BCUT2D eigenvalue weighted by Crippen LogP contribution is -2.65. The van der Waals surface area contributed by atoms with E-state index in [-0.39, 0.29) is 6.09 Å². The molecule has 23 heavy (non-hydrogen) atoms. The van der Waals surface area contributed by atoms with Gasteiger partial charge in [-0.2, -0.15) is 0 Å². The Morgan fingerprint density at radius 3 is 2.57 bits per heavy atom. The van der Waals surface area contributed by atoms with E-state index in [1.807, 2.05) is 25.7 Å². The van der Waals surface area contributed by atoms with Crippen molar-refractivity contribution in [1.82, 2.24) is 9.80 Å². The number of amides is 1. The zero-order chi connectivity index (χ0) is 16.6. The van der Waals surface area contributed by atoms with E-state index in [9.17, 15) is 4.79 Å². The van der Waals surface area contributed by atoms with Gasteiger partial charge in [-0.3, -0.25) is 4.90 Å². The van der Waals surface area contributed by atoms with Crippen LogP contribution in [0.1, 0.15) is 45.7 Å². The van der Waals surface area contributed by atoms with Gasteiger partial charge in [0.25, 0.3) is 0 Å². The van der Waals surface area contributed by atoms with E-state index in [0.29, 0.717) is 12.1 Å². The normalized spacial score (nSPS) is 26.2. The van der Waals surface area contributed by atoms with Crippen LogP contribution in [-0.2, 0) is 4.74 Å². The Labute approximate surface area is 139 Å². The molecule has 0 aliphatic carbocycles. The number of piperidine rings is 1. The van der Waals surface area contributed by atoms with E-state index in [2.05, 4.69) is 42.2 Å². The van der Waals surface area contributed by atoms with E-state index in [0.717, 1.165) is 32.0 Å². The average Bonchev–Trinajstić information content (AvgIpc) is 2.47. The Kier molecular flexibility index (Phi) is 4.37. The van der Waals surface area contributed by atoms with Crippen LogP contribution in [-0.4, -0.2) is 47.2 Å². The van der Waals surface area contributed by atoms with Crippen LogP contribution in [0.15, 0.2) is 30.3 Å². The van der Waals surface area contributed by atoms with Gasteiger partial charge in [-0.25, -0.2) is 4.79 Å². The summed E-state index contributed by atoms with van der Waals surface area (Å²) in [5, 5.41) is 0. The second-order valence-electron chi connectivity index (χ2n) is 7.83. The van der Waals surface area contributed by atoms with Gasteiger partial charge in [0.05, 0.1) is 0 Å². The number of hydrogen-bond acceptors (Lipinski definition) is 3. The molecule has 1 aromatic rings. The minimum absolute atomic E-state index is 0.171. The van der Waals surface area contributed by atoms with Crippen molar-refractivity contribution < 1.29 is 9.53 Å². The fraction of sp³-hybridized carbons (Fsp3) is 0.632. The molecule has 0 aromatic heterocycles. The summed E-state index contributed by atoms with van der Waals surface area (Å²) >= 11 is 0. The third-order valence-electron chi connectivity index (χ3n) is 5.02. The first-order valence-electron chi connectivity index (χ1n) is 8.64. The molecule has 1 amide bonds. The Morgan fingerprint density at radius 1 is 1.22 bits per heavy atom. The van der Waals surface area contributed by atoms with E-state index in [1.54, 1.807) is 0 Å². The van der Waals surface area contributed by atoms with Gasteiger partial charge >= 0.3 is 6.09 Å². The predicted octanol–water partition coefficient (Wildman–Crippen LogP) is 3.69. The SMILES string of the molecule is C[C@H](c1ccccc1)N1C[C@H]2CCN(C(=O)OC(C)(C)C)C[C@H]21. The fourth-order valence-corrected chi connectivity index (χ4v) is 3.70. The highest BCUT2D eigenvalue weighted by atomic mass is 16.6. The maximum Gasteiger partial charge on any atom is 0.410 e. The summed E-state index contributed by atoms with van der Waals surface area (Å²) < 4.78 is 5.53. The number of likely N-dealkylation sites (tertiary alicyclic amines) is 2. The molecule has 3 atom stereocenters. The molecule has 0 radical (unpaired) electrons. The second kappa shape index (κ2) is 6.16. The first-order valence-corrected chi connectivity index (χ1v) is 8.64. The molecule has 0 unspecified atom stereocenters. The second-order valence-corrected chi connectivity index (χ2v) is 7.83. The molecule has 0 saturated carbocycles. The van der Waals surface area contributed by atoms with Crippen LogP contribution in [0.4, 0.5) is 4.79 Å². The van der Waals surface area contributed by atoms with Crippen molar-refractivity contribution in [2.45, 2.75) is 51.8 Å². The lowest BCUT2D eigenvalue weighted by Gasteiger charge is -2.55. The summed E-state index contributed by atoms with van der Waals surface area (Å²) in [5.74, 6) is 0.722. The highest BCUT2D eigenvalue weighted by molar-refractivity contribution is 5.68. The monoisotopic (exact) mass is 316 g/mol. The van der Waals surface area contributed by atoms with Crippen LogP contribution in [0, 0.1) is 5.92 Å². The smallest absolute Gasteiger partial charge is 0.410 e. The van der Waals surface area contributed by atoms with Crippen molar-refractivity contribution in [3.05, 3.63) is 35.9 Å². The molecule has 2 aliphatic heterocycles. The summed E-state index contributed by atoms with van der Waals surface area (Å²) in [4.78, 5) is 16.7. The van der Waals surface area contributed by atoms with E-state index in [1.165, 1.54) is 5.56 Å². The quantitative estimate of drug-likeness (QED) is 0.834. The van der Waals surface area contributed by atoms with E-state index >= 15 is 0 Å². The van der Waals surface area contributed by atoms with E-state index < -0.39 is 5.60 Å². The minimum atomic E-state index is -0.426. The molecule has 0 spiro atoms. The molecule has 3 rings (SSSR count). The standard InChI is InChI=1S/C19H28N2O2/c1-14(15-8-6-5-7-9-15)21-12-16-10-11-20(13-17(16)21)18(22)23-19(2,3)4/h5-9,14,16-17H,10-13H2,1-4H3/t14-,16-,17-/m1/s1. The van der Waals surface area contributed by atoms with Crippen molar-refractivity contribution in [1.29, 1.82) is 0 Å². The minimum Gasteiger partial charge on any atom is -0.444 e. The predicted molar refractivity (Wildman–Crippen MR) is 91.3 cm³/mol. The maximum absolute atomic E-state index is 12.3. The molecule has 2 fully saturated rings. The molecule has 126 valence electrons. The highest BCUT2D eigenvalue weighted by Crippen LogP contribution is 2.38. The molecular weight excluding hydrogens is 288 g/mol. The van der Waals surface area contributed by atoms with Gasteiger partial charge in [0.1, 0.15) is 5.60 Å². The Balaban J connectivity index is 1.63. The fourth-order valence-electron chi connectivity index (χ4n) is 3.70. The molecular formula is C19H28N2O2. The summed E-state index contributed by atoms with van der Waals surface area (Å²) in [5.41, 5.74) is 0.922. The topological polar surface area (TPSA) is 32.8 Å². The van der Waals surface area contributed by atoms with Crippen LogP contribution in [0.25, 0.3) is 0 Å². The highest BCUT2D eigenvalue weighted by Gasteiger charge is 2.46. The van der Waals surface area contributed by atoms with Crippen LogP contribution >= 0.6 is 0 Å². The lowest BCUT2D eigenvalue weighted by molar-refractivity contribution is -0.0706. The number of nitrogens with zero attached hydrogens (tertiary/aromatic N) is 2. The Morgan fingerprint density at radius 2 is 1.91 bits per heavy atom. The van der Waals surface area contributed by atoms with Crippen LogP contribution in [0.5, 0.6) is 0 Å².